The molecule has 4 heterocycles. The summed E-state index contributed by atoms with van der Waals surface area (Å²) >= 11 is 1.62. The summed E-state index contributed by atoms with van der Waals surface area (Å²) in [6, 6.07) is 9.05. The van der Waals surface area contributed by atoms with Gasteiger partial charge in [0.2, 0.25) is 5.95 Å². The minimum Gasteiger partial charge on any atom is -0.349 e. The van der Waals surface area contributed by atoms with Crippen molar-refractivity contribution in [3.05, 3.63) is 54.1 Å². The first-order valence-corrected chi connectivity index (χ1v) is 12.8. The van der Waals surface area contributed by atoms with Crippen molar-refractivity contribution < 1.29 is 9.18 Å². The monoisotopic (exact) mass is 542 g/mol. The van der Waals surface area contributed by atoms with Crippen LogP contribution in [0.5, 0.6) is 0 Å². The SMILES string of the molecule is CCN(CC)c1nc2cc(-c3nc(Nc4ccc(C(=O)N5CCNCC5)cn4)ncc3F)ccc2s1.Cl. The van der Waals surface area contributed by atoms with E-state index in [9.17, 15) is 9.18 Å². The molecule has 1 saturated heterocycles. The zero-order valence-electron chi connectivity index (χ0n) is 20.6. The number of piperazine rings is 1. The standard InChI is InChI=1S/C25H27FN8OS.ClH/c1-3-33(4-2)25-30-19-13-16(5-7-20(19)36-25)22-18(26)15-29-24(32-22)31-21-8-6-17(14-28-21)23(35)34-11-9-27-10-12-34;/h5-8,13-15,27H,3-4,9-12H2,1-2H3,(H,28,29,31,32);1H. The van der Waals surface area contributed by atoms with Crippen LogP contribution in [-0.2, 0) is 0 Å². The molecule has 0 bridgehead atoms. The Bertz CT molecular complexity index is 1370. The number of amides is 1. The number of hydrogen-bond acceptors (Lipinski definition) is 9. The summed E-state index contributed by atoms with van der Waals surface area (Å²) in [6.45, 7) is 8.86. The predicted octanol–water partition coefficient (Wildman–Crippen LogP) is 4.34. The summed E-state index contributed by atoms with van der Waals surface area (Å²) in [7, 11) is 0. The molecule has 194 valence electrons. The van der Waals surface area contributed by atoms with Crippen LogP contribution in [0.3, 0.4) is 0 Å². The molecule has 2 N–H and O–H groups in total. The molecule has 0 aliphatic carbocycles. The summed E-state index contributed by atoms with van der Waals surface area (Å²) in [5, 5.41) is 7.18. The Hall–Kier alpha value is -3.41. The number of halogens is 2. The van der Waals surface area contributed by atoms with E-state index in [4.69, 9.17) is 4.98 Å². The molecule has 12 heteroatoms. The van der Waals surface area contributed by atoms with E-state index >= 15 is 0 Å². The predicted molar refractivity (Wildman–Crippen MR) is 148 cm³/mol. The van der Waals surface area contributed by atoms with Crippen LogP contribution in [0, 0.1) is 5.82 Å². The van der Waals surface area contributed by atoms with E-state index in [0.29, 0.717) is 30.0 Å². The van der Waals surface area contributed by atoms with E-state index in [0.717, 1.165) is 47.7 Å². The molecule has 0 spiro atoms. The molecule has 9 nitrogen and oxygen atoms in total. The maximum absolute atomic E-state index is 14.7. The molecule has 4 aromatic rings. The summed E-state index contributed by atoms with van der Waals surface area (Å²) in [6.07, 6.45) is 2.67. The van der Waals surface area contributed by atoms with Crippen molar-refractivity contribution in [1.82, 2.24) is 30.2 Å². The lowest BCUT2D eigenvalue weighted by Gasteiger charge is -2.27. The van der Waals surface area contributed by atoms with Crippen molar-refractivity contribution in [3.8, 4) is 11.3 Å². The number of hydrogen-bond donors (Lipinski definition) is 2. The summed E-state index contributed by atoms with van der Waals surface area (Å²) < 4.78 is 15.7. The van der Waals surface area contributed by atoms with Crippen LogP contribution in [0.2, 0.25) is 0 Å². The third-order valence-electron chi connectivity index (χ3n) is 6.08. The number of rotatable bonds is 7. The molecular formula is C25H28ClFN8OS. The number of carbonyl (C=O) groups is 1. The Kier molecular flexibility index (Phi) is 8.47. The van der Waals surface area contributed by atoms with Gasteiger partial charge in [0.1, 0.15) is 11.5 Å². The van der Waals surface area contributed by atoms with Crippen molar-refractivity contribution in [1.29, 1.82) is 0 Å². The first-order chi connectivity index (χ1) is 17.6. The maximum Gasteiger partial charge on any atom is 0.255 e. The Balaban J connectivity index is 0.00000320. The molecule has 1 aliphatic rings. The molecule has 0 atom stereocenters. The van der Waals surface area contributed by atoms with Gasteiger partial charge in [-0.15, -0.1) is 12.4 Å². The zero-order valence-corrected chi connectivity index (χ0v) is 22.2. The average molecular weight is 543 g/mol. The van der Waals surface area contributed by atoms with Crippen LogP contribution in [0.4, 0.5) is 21.3 Å². The summed E-state index contributed by atoms with van der Waals surface area (Å²) in [4.78, 5) is 34.2. The quantitative estimate of drug-likeness (QED) is 0.356. The molecule has 0 radical (unpaired) electrons. The molecule has 3 aromatic heterocycles. The van der Waals surface area contributed by atoms with Gasteiger partial charge in [0.25, 0.3) is 5.91 Å². The lowest BCUT2D eigenvalue weighted by molar-refractivity contribution is 0.0735. The third kappa shape index (κ3) is 5.79. The van der Waals surface area contributed by atoms with Crippen LogP contribution in [0.25, 0.3) is 21.5 Å². The highest BCUT2D eigenvalue weighted by Crippen LogP contribution is 2.32. The van der Waals surface area contributed by atoms with Gasteiger partial charge in [0.05, 0.1) is 22.0 Å². The molecule has 0 unspecified atom stereocenters. The second-order valence-corrected chi connectivity index (χ2v) is 9.35. The molecular weight excluding hydrogens is 515 g/mol. The van der Waals surface area contributed by atoms with E-state index in [1.165, 1.54) is 6.20 Å². The van der Waals surface area contributed by atoms with Crippen LogP contribution >= 0.6 is 23.7 Å². The second-order valence-electron chi connectivity index (χ2n) is 8.34. The second kappa shape index (κ2) is 11.8. The fraction of sp³-hybridized carbons (Fsp3) is 0.320. The third-order valence-corrected chi connectivity index (χ3v) is 7.18. The largest absolute Gasteiger partial charge is 0.349 e. The fourth-order valence-electron chi connectivity index (χ4n) is 4.08. The van der Waals surface area contributed by atoms with Gasteiger partial charge in [-0.1, -0.05) is 17.4 Å². The molecule has 5 rings (SSSR count). The smallest absolute Gasteiger partial charge is 0.255 e. The highest BCUT2D eigenvalue weighted by molar-refractivity contribution is 7.22. The lowest BCUT2D eigenvalue weighted by Crippen LogP contribution is -2.46. The van der Waals surface area contributed by atoms with E-state index in [2.05, 4.69) is 44.3 Å². The zero-order chi connectivity index (χ0) is 25.1. The van der Waals surface area contributed by atoms with Crippen molar-refractivity contribution >= 4 is 56.8 Å². The molecule has 1 aliphatic heterocycles. The first kappa shape index (κ1) is 26.6. The van der Waals surface area contributed by atoms with E-state index in [-0.39, 0.29) is 30.0 Å². The van der Waals surface area contributed by atoms with Gasteiger partial charge in [-0.25, -0.2) is 24.3 Å². The minimum atomic E-state index is -0.524. The van der Waals surface area contributed by atoms with Gasteiger partial charge in [-0.2, -0.15) is 0 Å². The average Bonchev–Trinajstić information content (AvgIpc) is 3.34. The number of nitrogens with one attached hydrogen (secondary N) is 2. The Labute approximate surface area is 224 Å². The number of benzene rings is 1. The van der Waals surface area contributed by atoms with Crippen molar-refractivity contribution in [2.45, 2.75) is 13.8 Å². The number of anilines is 3. The Morgan fingerprint density at radius 3 is 2.59 bits per heavy atom. The van der Waals surface area contributed by atoms with Crippen molar-refractivity contribution in [2.75, 3.05) is 49.5 Å². The van der Waals surface area contributed by atoms with Crippen LogP contribution in [0.1, 0.15) is 24.2 Å². The number of aromatic nitrogens is 4. The van der Waals surface area contributed by atoms with E-state index in [1.807, 2.05) is 18.2 Å². The van der Waals surface area contributed by atoms with Crippen LogP contribution < -0.4 is 15.5 Å². The normalized spacial score (nSPS) is 13.3. The van der Waals surface area contributed by atoms with Crippen LogP contribution in [-0.4, -0.2) is 70.0 Å². The molecule has 1 amide bonds. The minimum absolute atomic E-state index is 0. The topological polar surface area (TPSA) is 99.2 Å². The number of carbonyl (C=O) groups excluding carboxylic acids is 1. The first-order valence-electron chi connectivity index (χ1n) is 12.0. The summed E-state index contributed by atoms with van der Waals surface area (Å²) in [5.41, 5.74) is 2.12. The van der Waals surface area contributed by atoms with E-state index < -0.39 is 5.82 Å². The van der Waals surface area contributed by atoms with Gasteiger partial charge < -0.3 is 20.4 Å². The Morgan fingerprint density at radius 1 is 1.11 bits per heavy atom. The lowest BCUT2D eigenvalue weighted by atomic mass is 10.1. The molecule has 1 aromatic carbocycles. The van der Waals surface area contributed by atoms with Gasteiger partial charge in [0.15, 0.2) is 10.9 Å². The molecule has 37 heavy (non-hydrogen) atoms. The highest BCUT2D eigenvalue weighted by Gasteiger charge is 2.18. The van der Waals surface area contributed by atoms with Crippen molar-refractivity contribution in [2.24, 2.45) is 0 Å². The number of fused-ring (bicyclic) bond motifs is 1. The number of thiazole rings is 1. The maximum atomic E-state index is 14.7. The van der Waals surface area contributed by atoms with Crippen molar-refractivity contribution in [3.63, 3.8) is 0 Å². The number of pyridine rings is 1. The van der Waals surface area contributed by atoms with Crippen LogP contribution in [0.15, 0.2) is 42.7 Å². The highest BCUT2D eigenvalue weighted by atomic mass is 35.5. The van der Waals surface area contributed by atoms with Gasteiger partial charge >= 0.3 is 0 Å². The number of nitrogens with zero attached hydrogens (tertiary/aromatic N) is 6. The van der Waals surface area contributed by atoms with Gasteiger partial charge in [0, 0.05) is 51.0 Å². The fourth-order valence-corrected chi connectivity index (χ4v) is 5.15. The molecule has 0 saturated carbocycles. The summed E-state index contributed by atoms with van der Waals surface area (Å²) in [5.74, 6) is 0.104. The van der Waals surface area contributed by atoms with E-state index in [1.54, 1.807) is 28.4 Å². The Morgan fingerprint density at radius 2 is 1.89 bits per heavy atom. The van der Waals surface area contributed by atoms with Gasteiger partial charge in [-0.05, 0) is 38.1 Å². The van der Waals surface area contributed by atoms with Gasteiger partial charge in [-0.3, -0.25) is 4.79 Å². The molecule has 1 fully saturated rings.